The fourth-order valence-electron chi connectivity index (χ4n) is 5.13. The number of para-hydroxylation sites is 1. The predicted molar refractivity (Wildman–Crippen MR) is 162 cm³/mol. The fraction of sp³-hybridized carbons (Fsp3) is 0.143. The van der Waals surface area contributed by atoms with E-state index in [-0.39, 0.29) is 9.77 Å². The minimum atomic E-state index is -3.88. The summed E-state index contributed by atoms with van der Waals surface area (Å²) in [6.45, 7) is -0.413. The van der Waals surface area contributed by atoms with Crippen LogP contribution in [0.4, 0.5) is 11.4 Å². The number of nitrogens with one attached hydrogen (secondary N) is 2. The Balaban J connectivity index is 1.29. The lowest BCUT2D eigenvalue weighted by atomic mass is 9.82. The number of hydrogen-bond donors (Lipinski definition) is 3. The number of aromatic nitrogens is 1. The molecule has 2 aliphatic rings. The van der Waals surface area contributed by atoms with Crippen LogP contribution in [0.15, 0.2) is 87.5 Å². The number of hydrogen-bond acceptors (Lipinski definition) is 9. The zero-order valence-electron chi connectivity index (χ0n) is 21.9. The molecule has 0 unspecified atom stereocenters. The standard InChI is InChI=1S/C28H21ClN4O7S3/c29-14-5-9-16(10-6-14)33-26(35)22-21(23-25(32-28(37)42-23)41-24(22)27(33)36)18-3-1-2-4-19(18)40-13-20(34)31-15-7-11-17(12-8-15)43(30,38)39/h1-12,21-22,24H,13H2,(H,31,34)(H,32,37)(H2,30,38,39)/t21-,22-,24+/m0/s1. The van der Waals surface area contributed by atoms with Crippen LogP contribution in [0.25, 0.3) is 0 Å². The highest BCUT2D eigenvalue weighted by molar-refractivity contribution is 8.00. The number of aromatic amines is 1. The van der Waals surface area contributed by atoms with Gasteiger partial charge >= 0.3 is 4.87 Å². The molecule has 3 atom stereocenters. The molecule has 220 valence electrons. The Morgan fingerprint density at radius 1 is 1.00 bits per heavy atom. The molecule has 2 aliphatic heterocycles. The van der Waals surface area contributed by atoms with Gasteiger partial charge in [0.2, 0.25) is 21.8 Å². The first-order valence-electron chi connectivity index (χ1n) is 12.7. The lowest BCUT2D eigenvalue weighted by Crippen LogP contribution is -2.32. The van der Waals surface area contributed by atoms with Crippen molar-refractivity contribution in [2.45, 2.75) is 21.1 Å². The maximum Gasteiger partial charge on any atom is 0.305 e. The number of H-pyrrole nitrogens is 1. The van der Waals surface area contributed by atoms with Crippen molar-refractivity contribution in [1.29, 1.82) is 0 Å². The van der Waals surface area contributed by atoms with Gasteiger partial charge in [0.05, 0.1) is 21.5 Å². The quantitative estimate of drug-likeness (QED) is 0.254. The summed E-state index contributed by atoms with van der Waals surface area (Å²) >= 11 is 8.14. The molecule has 43 heavy (non-hydrogen) atoms. The monoisotopic (exact) mass is 656 g/mol. The predicted octanol–water partition coefficient (Wildman–Crippen LogP) is 3.55. The number of halogens is 1. The first-order chi connectivity index (χ1) is 20.5. The van der Waals surface area contributed by atoms with E-state index in [1.807, 2.05) is 0 Å². The van der Waals surface area contributed by atoms with Gasteiger partial charge in [-0.15, -0.1) is 0 Å². The van der Waals surface area contributed by atoms with Crippen LogP contribution < -0.4 is 25.0 Å². The topological polar surface area (TPSA) is 169 Å². The first kappa shape index (κ1) is 29.1. The van der Waals surface area contributed by atoms with Crippen molar-refractivity contribution in [3.05, 3.63) is 97.9 Å². The Hall–Kier alpha value is -3.95. The van der Waals surface area contributed by atoms with Gasteiger partial charge < -0.3 is 15.0 Å². The van der Waals surface area contributed by atoms with Crippen LogP contribution in [0.3, 0.4) is 0 Å². The molecule has 1 aromatic heterocycles. The summed E-state index contributed by atoms with van der Waals surface area (Å²) in [5.41, 5.74) is 1.27. The summed E-state index contributed by atoms with van der Waals surface area (Å²) in [7, 11) is -3.88. The van der Waals surface area contributed by atoms with Gasteiger partial charge in [0.25, 0.3) is 5.91 Å². The van der Waals surface area contributed by atoms with Crippen LogP contribution in [0, 0.1) is 5.92 Å². The molecule has 3 aromatic carbocycles. The maximum absolute atomic E-state index is 13.9. The number of thiazole rings is 1. The lowest BCUT2D eigenvalue weighted by molar-refractivity contribution is -0.122. The minimum absolute atomic E-state index is 0.0966. The first-order valence-corrected chi connectivity index (χ1v) is 16.3. The number of imide groups is 1. The second-order valence-electron chi connectivity index (χ2n) is 9.68. The number of ether oxygens (including phenoxy) is 1. The molecule has 4 aromatic rings. The van der Waals surface area contributed by atoms with E-state index in [0.29, 0.717) is 37.6 Å². The number of fused-ring (bicyclic) bond motifs is 2. The fourth-order valence-corrected chi connectivity index (χ4v) is 8.28. The van der Waals surface area contributed by atoms with E-state index in [2.05, 4.69) is 10.3 Å². The van der Waals surface area contributed by atoms with E-state index in [4.69, 9.17) is 21.5 Å². The number of carbonyl (C=O) groups is 3. The number of anilines is 2. The number of sulfonamides is 1. The zero-order valence-corrected chi connectivity index (χ0v) is 25.1. The number of amides is 3. The molecular formula is C28H21ClN4O7S3. The van der Waals surface area contributed by atoms with Crippen molar-refractivity contribution in [3.8, 4) is 5.75 Å². The maximum atomic E-state index is 13.9. The van der Waals surface area contributed by atoms with Crippen molar-refractivity contribution in [2.24, 2.45) is 11.1 Å². The van der Waals surface area contributed by atoms with Gasteiger partial charge in [-0.25, -0.2) is 18.5 Å². The Morgan fingerprint density at radius 3 is 2.40 bits per heavy atom. The van der Waals surface area contributed by atoms with Crippen LogP contribution in [0.2, 0.25) is 5.02 Å². The normalized spacial score (nSPS) is 19.6. The van der Waals surface area contributed by atoms with E-state index in [0.717, 1.165) is 28.0 Å². The summed E-state index contributed by atoms with van der Waals surface area (Å²) < 4.78 is 28.9. The van der Waals surface area contributed by atoms with Crippen LogP contribution in [-0.2, 0) is 24.4 Å². The number of nitrogens with two attached hydrogens (primary N) is 1. The van der Waals surface area contributed by atoms with Crippen LogP contribution in [0.1, 0.15) is 16.4 Å². The number of benzene rings is 3. The molecular weight excluding hydrogens is 636 g/mol. The molecule has 3 heterocycles. The molecule has 11 nitrogen and oxygen atoms in total. The summed E-state index contributed by atoms with van der Waals surface area (Å²) in [5, 5.41) is 7.91. The molecule has 0 radical (unpaired) electrons. The van der Waals surface area contributed by atoms with Crippen molar-refractivity contribution >= 4 is 73.8 Å². The zero-order chi connectivity index (χ0) is 30.5. The number of primary sulfonamides is 1. The number of carbonyl (C=O) groups excluding carboxylic acids is 3. The third kappa shape index (κ3) is 5.59. The number of rotatable bonds is 7. The third-order valence-electron chi connectivity index (χ3n) is 6.99. The second kappa shape index (κ2) is 11.3. The lowest BCUT2D eigenvalue weighted by Gasteiger charge is -2.30. The van der Waals surface area contributed by atoms with Gasteiger partial charge in [0, 0.05) is 27.1 Å². The van der Waals surface area contributed by atoms with Crippen LogP contribution in [0.5, 0.6) is 5.75 Å². The smallest absolute Gasteiger partial charge is 0.305 e. The molecule has 4 N–H and O–H groups in total. The molecule has 0 bridgehead atoms. The Bertz CT molecular complexity index is 1920. The van der Waals surface area contributed by atoms with E-state index >= 15 is 0 Å². The summed E-state index contributed by atoms with van der Waals surface area (Å²) in [6.07, 6.45) is 0. The second-order valence-corrected chi connectivity index (χ2v) is 13.8. The number of nitrogens with zero attached hydrogens (tertiary/aromatic N) is 1. The minimum Gasteiger partial charge on any atom is -0.483 e. The van der Waals surface area contributed by atoms with Gasteiger partial charge in [-0.2, -0.15) is 0 Å². The SMILES string of the molecule is NS(=O)(=O)c1ccc(NC(=O)COc2ccccc2[C@@H]2c3sc(=O)[nH]c3S[C@H]3C(=O)N(c4ccc(Cl)cc4)C(=O)[C@@H]23)cc1. The van der Waals surface area contributed by atoms with E-state index in [1.165, 1.54) is 24.3 Å². The van der Waals surface area contributed by atoms with Crippen LogP contribution in [-0.4, -0.2) is 43.0 Å². The van der Waals surface area contributed by atoms with Gasteiger partial charge in [-0.05, 0) is 54.6 Å². The molecule has 0 spiro atoms. The molecule has 15 heteroatoms. The van der Waals surface area contributed by atoms with Crippen molar-refractivity contribution in [2.75, 3.05) is 16.8 Å². The summed E-state index contributed by atoms with van der Waals surface area (Å²) in [6, 6.07) is 18.6. The Kier molecular flexibility index (Phi) is 7.64. The third-order valence-corrected chi connectivity index (χ3v) is 10.6. The van der Waals surface area contributed by atoms with Gasteiger partial charge in [-0.3, -0.25) is 19.2 Å². The highest BCUT2D eigenvalue weighted by Gasteiger charge is 2.56. The molecule has 0 aliphatic carbocycles. The van der Waals surface area contributed by atoms with Crippen molar-refractivity contribution in [3.63, 3.8) is 0 Å². The number of thioether (sulfide) groups is 1. The van der Waals surface area contributed by atoms with E-state index in [1.54, 1.807) is 48.5 Å². The van der Waals surface area contributed by atoms with Gasteiger partial charge in [0.1, 0.15) is 11.0 Å². The van der Waals surface area contributed by atoms with Crippen molar-refractivity contribution < 1.29 is 27.5 Å². The largest absolute Gasteiger partial charge is 0.483 e. The van der Waals surface area contributed by atoms with Crippen LogP contribution >= 0.6 is 34.7 Å². The van der Waals surface area contributed by atoms with Gasteiger partial charge in [0.15, 0.2) is 6.61 Å². The molecule has 1 fully saturated rings. The highest BCUT2D eigenvalue weighted by atomic mass is 35.5. The highest BCUT2D eigenvalue weighted by Crippen LogP contribution is 2.54. The average molecular weight is 657 g/mol. The van der Waals surface area contributed by atoms with Gasteiger partial charge in [-0.1, -0.05) is 52.9 Å². The summed E-state index contributed by atoms with van der Waals surface area (Å²) in [4.78, 5) is 56.8. The molecule has 0 saturated carbocycles. The van der Waals surface area contributed by atoms with Crippen molar-refractivity contribution in [1.82, 2.24) is 4.98 Å². The Labute approximate surface area is 258 Å². The summed E-state index contributed by atoms with van der Waals surface area (Å²) in [5.74, 6) is -2.60. The van der Waals surface area contributed by atoms with E-state index in [9.17, 15) is 27.6 Å². The van der Waals surface area contributed by atoms with E-state index < -0.39 is 51.4 Å². The molecule has 3 amide bonds. The molecule has 6 rings (SSSR count). The molecule has 1 saturated heterocycles. The Morgan fingerprint density at radius 2 is 1.70 bits per heavy atom. The average Bonchev–Trinajstić information content (AvgIpc) is 3.46.